The SMILES string of the molecule is CCOC(=O)C(F)(F)C(O)c1ccc(OC)cc1.CCOC(=O)C(F)(F)C(OC(=S)Oc1ccccc1)c1ccc(OC)cc1. The maximum absolute atomic E-state index is 14.7. The standard InChI is InChI=1S/C19H18F2O5S.C12H14F2O4/c1-3-24-17(22)19(20,21)16(13-9-11-14(23-2)12-10-13)26-18(27)25-15-7-5-4-6-8-15;1-3-18-11(16)12(13,14)10(15)8-4-6-9(17-2)7-5-8/h4-12,16H,3H2,1-2H3;4-7,10,15H,3H2,1-2H3. The molecule has 45 heavy (non-hydrogen) atoms. The number of rotatable bonds is 12. The first-order valence-corrected chi connectivity index (χ1v) is 13.7. The lowest BCUT2D eigenvalue weighted by molar-refractivity contribution is -0.189. The Bertz CT molecular complexity index is 1370. The first-order chi connectivity index (χ1) is 21.3. The molecular weight excluding hydrogens is 624 g/mol. The molecule has 0 aliphatic heterocycles. The van der Waals surface area contributed by atoms with Crippen LogP contribution in [0, 0.1) is 0 Å². The Morgan fingerprint density at radius 2 is 1.16 bits per heavy atom. The lowest BCUT2D eigenvalue weighted by atomic mass is 10.0. The highest BCUT2D eigenvalue weighted by Crippen LogP contribution is 2.37. The van der Waals surface area contributed by atoms with Gasteiger partial charge in [0.05, 0.1) is 27.4 Å². The number of ether oxygens (including phenoxy) is 6. The Hall–Kier alpha value is -4.43. The van der Waals surface area contributed by atoms with Gasteiger partial charge in [-0.25, -0.2) is 9.59 Å². The molecule has 244 valence electrons. The van der Waals surface area contributed by atoms with Crippen LogP contribution in [0.1, 0.15) is 37.2 Å². The molecule has 1 N–H and O–H groups in total. The van der Waals surface area contributed by atoms with E-state index in [0.717, 1.165) is 0 Å². The predicted molar refractivity (Wildman–Crippen MR) is 158 cm³/mol. The zero-order valence-corrected chi connectivity index (χ0v) is 25.5. The molecule has 2 unspecified atom stereocenters. The van der Waals surface area contributed by atoms with E-state index in [0.29, 0.717) is 17.2 Å². The van der Waals surface area contributed by atoms with Gasteiger partial charge in [0.15, 0.2) is 6.10 Å². The minimum absolute atomic E-state index is 0.00728. The van der Waals surface area contributed by atoms with E-state index in [-0.39, 0.29) is 24.3 Å². The van der Waals surface area contributed by atoms with Crippen LogP contribution in [0.2, 0.25) is 0 Å². The van der Waals surface area contributed by atoms with Crippen molar-refractivity contribution in [2.24, 2.45) is 0 Å². The van der Waals surface area contributed by atoms with Crippen LogP contribution in [0.25, 0.3) is 0 Å². The van der Waals surface area contributed by atoms with Gasteiger partial charge in [0, 0.05) is 12.2 Å². The van der Waals surface area contributed by atoms with Crippen molar-refractivity contribution in [3.05, 3.63) is 90.0 Å². The number of para-hydroxylation sites is 1. The summed E-state index contributed by atoms with van der Waals surface area (Å²) < 4.78 is 85.4. The second-order valence-electron chi connectivity index (χ2n) is 8.80. The molecule has 0 heterocycles. The molecule has 0 aromatic heterocycles. The van der Waals surface area contributed by atoms with Gasteiger partial charge in [-0.3, -0.25) is 0 Å². The molecule has 0 saturated carbocycles. The van der Waals surface area contributed by atoms with Crippen LogP contribution in [0.5, 0.6) is 17.2 Å². The summed E-state index contributed by atoms with van der Waals surface area (Å²) >= 11 is 4.93. The van der Waals surface area contributed by atoms with E-state index >= 15 is 0 Å². The average Bonchev–Trinajstić information content (AvgIpc) is 3.04. The summed E-state index contributed by atoms with van der Waals surface area (Å²) in [6.45, 7) is 2.46. The van der Waals surface area contributed by atoms with Gasteiger partial charge in [0.25, 0.3) is 0 Å². The topological polar surface area (TPSA) is 110 Å². The maximum Gasteiger partial charge on any atom is 0.382 e. The van der Waals surface area contributed by atoms with E-state index in [4.69, 9.17) is 31.2 Å². The third-order valence-corrected chi connectivity index (χ3v) is 5.96. The smallest absolute Gasteiger partial charge is 0.382 e. The molecule has 0 aliphatic carbocycles. The van der Waals surface area contributed by atoms with Gasteiger partial charge in [0.1, 0.15) is 17.2 Å². The van der Waals surface area contributed by atoms with Crippen LogP contribution in [-0.2, 0) is 23.8 Å². The quantitative estimate of drug-likeness (QED) is 0.137. The molecule has 0 aliphatic rings. The number of halogens is 4. The number of benzene rings is 3. The number of hydrogen-bond acceptors (Lipinski definition) is 10. The van der Waals surface area contributed by atoms with Crippen molar-refractivity contribution < 1.29 is 60.7 Å². The Labute approximate surface area is 262 Å². The van der Waals surface area contributed by atoms with Crippen molar-refractivity contribution in [2.75, 3.05) is 27.4 Å². The first kappa shape index (κ1) is 36.8. The van der Waals surface area contributed by atoms with E-state index < -0.39 is 41.2 Å². The van der Waals surface area contributed by atoms with Crippen LogP contribution in [0.4, 0.5) is 17.6 Å². The van der Waals surface area contributed by atoms with Crippen molar-refractivity contribution in [1.29, 1.82) is 0 Å². The third kappa shape index (κ3) is 10.3. The zero-order valence-electron chi connectivity index (χ0n) is 24.7. The number of methoxy groups -OCH3 is 2. The van der Waals surface area contributed by atoms with Crippen molar-refractivity contribution in [1.82, 2.24) is 0 Å². The number of thiocarbonyl (C=S) groups is 1. The maximum atomic E-state index is 14.7. The minimum atomic E-state index is -3.99. The summed E-state index contributed by atoms with van der Waals surface area (Å²) in [4.78, 5) is 22.8. The number of esters is 2. The summed E-state index contributed by atoms with van der Waals surface area (Å²) in [7, 11) is 2.87. The highest BCUT2D eigenvalue weighted by molar-refractivity contribution is 7.79. The second kappa shape index (κ2) is 17.2. The van der Waals surface area contributed by atoms with Gasteiger partial charge >= 0.3 is 29.0 Å². The van der Waals surface area contributed by atoms with Gasteiger partial charge < -0.3 is 33.5 Å². The van der Waals surface area contributed by atoms with Crippen molar-refractivity contribution in [3.8, 4) is 17.2 Å². The molecule has 2 atom stereocenters. The Kier molecular flexibility index (Phi) is 14.0. The highest BCUT2D eigenvalue weighted by Gasteiger charge is 2.52. The van der Waals surface area contributed by atoms with Crippen LogP contribution in [0.15, 0.2) is 78.9 Å². The summed E-state index contributed by atoms with van der Waals surface area (Å²) in [5.74, 6) is -10.2. The van der Waals surface area contributed by atoms with Gasteiger partial charge in [-0.05, 0) is 61.4 Å². The molecule has 3 rings (SSSR count). The zero-order chi connectivity index (χ0) is 33.6. The summed E-state index contributed by atoms with van der Waals surface area (Å²) in [5, 5.41) is 8.97. The molecule has 9 nitrogen and oxygen atoms in total. The monoisotopic (exact) mass is 656 g/mol. The van der Waals surface area contributed by atoms with Crippen molar-refractivity contribution in [2.45, 2.75) is 37.9 Å². The van der Waals surface area contributed by atoms with Crippen molar-refractivity contribution in [3.63, 3.8) is 0 Å². The molecule has 0 radical (unpaired) electrons. The lowest BCUT2D eigenvalue weighted by Crippen LogP contribution is -2.40. The first-order valence-electron chi connectivity index (χ1n) is 13.3. The van der Waals surface area contributed by atoms with Crippen LogP contribution < -0.4 is 14.2 Å². The molecule has 3 aromatic rings. The number of carbonyl (C=O) groups is 2. The van der Waals surface area contributed by atoms with E-state index in [1.807, 2.05) is 0 Å². The van der Waals surface area contributed by atoms with Crippen LogP contribution in [-0.4, -0.2) is 61.6 Å². The summed E-state index contributed by atoms with van der Waals surface area (Å²) in [6, 6.07) is 19.3. The lowest BCUT2D eigenvalue weighted by Gasteiger charge is -2.26. The molecular formula is C31H32F4O9S. The molecule has 0 bridgehead atoms. The molecule has 0 fully saturated rings. The van der Waals surface area contributed by atoms with Crippen molar-refractivity contribution >= 4 is 29.4 Å². The van der Waals surface area contributed by atoms with Gasteiger partial charge in [-0.1, -0.05) is 42.5 Å². The normalized spacial score (nSPS) is 12.4. The number of hydrogen-bond donors (Lipinski definition) is 1. The molecule has 0 spiro atoms. The Balaban J connectivity index is 0.000000341. The highest BCUT2D eigenvalue weighted by atomic mass is 32.1. The molecule has 14 heteroatoms. The van der Waals surface area contributed by atoms with E-state index in [2.05, 4.69) is 9.47 Å². The molecule has 0 saturated heterocycles. The van der Waals surface area contributed by atoms with Crippen LogP contribution >= 0.6 is 12.2 Å². The van der Waals surface area contributed by atoms with E-state index in [1.54, 1.807) is 30.3 Å². The predicted octanol–water partition coefficient (Wildman–Crippen LogP) is 6.24. The fraction of sp³-hybridized carbons (Fsp3) is 0.323. The van der Waals surface area contributed by atoms with Gasteiger partial charge in [0.2, 0.25) is 6.10 Å². The fourth-order valence-electron chi connectivity index (χ4n) is 3.50. The Morgan fingerprint density at radius 3 is 1.60 bits per heavy atom. The molecule has 3 aromatic carbocycles. The summed E-state index contributed by atoms with van der Waals surface area (Å²) in [6.07, 6.45) is -4.28. The number of alkyl halides is 4. The number of aliphatic hydroxyl groups excluding tert-OH is 1. The van der Waals surface area contributed by atoms with E-state index in [1.165, 1.54) is 76.6 Å². The minimum Gasteiger partial charge on any atom is -0.497 e. The Morgan fingerprint density at radius 1 is 0.711 bits per heavy atom. The van der Waals surface area contributed by atoms with E-state index in [9.17, 15) is 32.3 Å². The number of aliphatic hydroxyl groups is 1. The third-order valence-electron chi connectivity index (χ3n) is 5.78. The van der Waals surface area contributed by atoms with Gasteiger partial charge in [-0.15, -0.1) is 0 Å². The fourth-order valence-corrected chi connectivity index (χ4v) is 3.70. The van der Waals surface area contributed by atoms with Crippen LogP contribution in [0.3, 0.4) is 0 Å². The van der Waals surface area contributed by atoms with Gasteiger partial charge in [-0.2, -0.15) is 17.6 Å². The largest absolute Gasteiger partial charge is 0.497 e. The summed E-state index contributed by atoms with van der Waals surface area (Å²) in [5.41, 5.74) is -0.0817. The second-order valence-corrected chi connectivity index (χ2v) is 9.13. The number of carbonyl (C=O) groups excluding carboxylic acids is 2. The average molecular weight is 657 g/mol. The molecule has 0 amide bonds.